The summed E-state index contributed by atoms with van der Waals surface area (Å²) in [6, 6.07) is 7.01. The Labute approximate surface area is 97.2 Å². The summed E-state index contributed by atoms with van der Waals surface area (Å²) in [6.45, 7) is 0. The number of halogens is 2. The van der Waals surface area contributed by atoms with Gasteiger partial charge >= 0.3 is 0 Å². The van der Waals surface area contributed by atoms with Crippen LogP contribution in [-0.4, -0.2) is 0 Å². The molecule has 0 bridgehead atoms. The topological polar surface area (TPSA) is 51.2 Å². The first-order chi connectivity index (χ1) is 8.20. The molecule has 3 N–H and O–H groups in total. The molecule has 0 amide bonds. The highest BCUT2D eigenvalue weighted by atomic mass is 19.2. The van der Waals surface area contributed by atoms with Crippen molar-refractivity contribution >= 4 is 0 Å². The lowest BCUT2D eigenvalue weighted by Gasteiger charge is -2.13. The largest absolute Gasteiger partial charge is 0.468 e. The maximum absolute atomic E-state index is 13.0. The van der Waals surface area contributed by atoms with Crippen LogP contribution in [0.4, 0.5) is 8.78 Å². The van der Waals surface area contributed by atoms with Gasteiger partial charge in [0.25, 0.3) is 0 Å². The third kappa shape index (κ3) is 2.69. The summed E-state index contributed by atoms with van der Waals surface area (Å²) in [5.41, 5.74) is 3.22. The summed E-state index contributed by atoms with van der Waals surface area (Å²) in [5, 5.41) is 0. The van der Waals surface area contributed by atoms with Crippen molar-refractivity contribution in [3.8, 4) is 0 Å². The molecule has 90 valence electrons. The van der Waals surface area contributed by atoms with Crippen LogP contribution in [0.15, 0.2) is 41.0 Å². The van der Waals surface area contributed by atoms with Crippen molar-refractivity contribution in [2.45, 2.75) is 12.5 Å². The highest BCUT2D eigenvalue weighted by Crippen LogP contribution is 2.19. The molecule has 0 aliphatic heterocycles. The zero-order valence-corrected chi connectivity index (χ0v) is 8.99. The van der Waals surface area contributed by atoms with Crippen molar-refractivity contribution in [2.24, 2.45) is 5.84 Å². The van der Waals surface area contributed by atoms with Crippen LogP contribution in [0.2, 0.25) is 0 Å². The van der Waals surface area contributed by atoms with Gasteiger partial charge in [-0.1, -0.05) is 6.07 Å². The van der Waals surface area contributed by atoms with Gasteiger partial charge < -0.3 is 4.42 Å². The molecule has 2 rings (SSSR count). The molecule has 0 saturated heterocycles. The Kier molecular flexibility index (Phi) is 3.51. The lowest BCUT2D eigenvalue weighted by Crippen LogP contribution is -2.29. The second kappa shape index (κ2) is 5.07. The zero-order chi connectivity index (χ0) is 12.3. The van der Waals surface area contributed by atoms with Gasteiger partial charge in [0.2, 0.25) is 0 Å². The summed E-state index contributed by atoms with van der Waals surface area (Å²) in [7, 11) is 0. The maximum Gasteiger partial charge on any atom is 0.159 e. The Bertz CT molecular complexity index is 485. The first kappa shape index (κ1) is 11.8. The van der Waals surface area contributed by atoms with Crippen LogP contribution in [0, 0.1) is 11.6 Å². The molecule has 0 aliphatic carbocycles. The van der Waals surface area contributed by atoms with Gasteiger partial charge in [-0.2, -0.15) is 0 Å². The third-order valence-electron chi connectivity index (χ3n) is 2.51. The minimum absolute atomic E-state index is 0.269. The number of hydrogen-bond acceptors (Lipinski definition) is 3. The standard InChI is InChI=1S/C12H12F2N2O/c13-9-4-3-8(6-10(9)14)7-11(16-15)12-2-1-5-17-12/h1-6,11,16H,7,15H2. The molecule has 0 saturated carbocycles. The molecule has 0 aliphatic rings. The fourth-order valence-corrected chi connectivity index (χ4v) is 1.63. The molecule has 5 heteroatoms. The molecular formula is C12H12F2N2O. The monoisotopic (exact) mass is 238 g/mol. The van der Waals surface area contributed by atoms with E-state index in [0.717, 1.165) is 12.1 Å². The molecule has 17 heavy (non-hydrogen) atoms. The highest BCUT2D eigenvalue weighted by Gasteiger charge is 2.14. The van der Waals surface area contributed by atoms with Crippen molar-refractivity contribution in [1.82, 2.24) is 5.43 Å². The van der Waals surface area contributed by atoms with Crippen LogP contribution >= 0.6 is 0 Å². The van der Waals surface area contributed by atoms with E-state index in [-0.39, 0.29) is 6.04 Å². The number of furan rings is 1. The molecule has 2 aromatic rings. The smallest absolute Gasteiger partial charge is 0.159 e. The number of hydrazine groups is 1. The number of benzene rings is 1. The second-order valence-corrected chi connectivity index (χ2v) is 3.69. The first-order valence-corrected chi connectivity index (χ1v) is 5.14. The Morgan fingerprint density at radius 1 is 1.24 bits per heavy atom. The van der Waals surface area contributed by atoms with Crippen LogP contribution in [0.1, 0.15) is 17.4 Å². The summed E-state index contributed by atoms with van der Waals surface area (Å²) in [5.74, 6) is 4.33. The highest BCUT2D eigenvalue weighted by molar-refractivity contribution is 5.20. The van der Waals surface area contributed by atoms with Crippen LogP contribution < -0.4 is 11.3 Å². The van der Waals surface area contributed by atoms with E-state index < -0.39 is 11.6 Å². The Balaban J connectivity index is 2.16. The van der Waals surface area contributed by atoms with Gasteiger partial charge in [0.05, 0.1) is 12.3 Å². The molecule has 1 aromatic heterocycles. The number of hydrogen-bond donors (Lipinski definition) is 2. The average Bonchev–Trinajstić information content (AvgIpc) is 2.84. The van der Waals surface area contributed by atoms with Gasteiger partial charge in [-0.25, -0.2) is 14.2 Å². The predicted octanol–water partition coefficient (Wildman–Crippen LogP) is 2.30. The fourth-order valence-electron chi connectivity index (χ4n) is 1.63. The molecule has 0 fully saturated rings. The van der Waals surface area contributed by atoms with Gasteiger partial charge in [0.1, 0.15) is 5.76 Å². The third-order valence-corrected chi connectivity index (χ3v) is 2.51. The lowest BCUT2D eigenvalue weighted by atomic mass is 10.0. The maximum atomic E-state index is 13.0. The van der Waals surface area contributed by atoms with Gasteiger partial charge in [-0.15, -0.1) is 0 Å². The van der Waals surface area contributed by atoms with Crippen molar-refractivity contribution in [1.29, 1.82) is 0 Å². The van der Waals surface area contributed by atoms with E-state index in [1.165, 1.54) is 12.3 Å². The SMILES string of the molecule is NNC(Cc1ccc(F)c(F)c1)c1ccco1. The van der Waals surface area contributed by atoms with Crippen molar-refractivity contribution in [3.63, 3.8) is 0 Å². The molecular weight excluding hydrogens is 226 g/mol. The van der Waals surface area contributed by atoms with E-state index in [9.17, 15) is 8.78 Å². The average molecular weight is 238 g/mol. The fraction of sp³-hybridized carbons (Fsp3) is 0.167. The molecule has 1 atom stereocenters. The summed E-state index contributed by atoms with van der Waals surface area (Å²) < 4.78 is 31.0. The second-order valence-electron chi connectivity index (χ2n) is 3.69. The Morgan fingerprint density at radius 2 is 2.06 bits per heavy atom. The Hall–Kier alpha value is -1.72. The molecule has 0 radical (unpaired) electrons. The Morgan fingerprint density at radius 3 is 2.65 bits per heavy atom. The van der Waals surface area contributed by atoms with E-state index in [0.29, 0.717) is 17.7 Å². The van der Waals surface area contributed by atoms with E-state index >= 15 is 0 Å². The van der Waals surface area contributed by atoms with Crippen LogP contribution in [0.25, 0.3) is 0 Å². The summed E-state index contributed by atoms with van der Waals surface area (Å²) >= 11 is 0. The van der Waals surface area contributed by atoms with E-state index in [1.807, 2.05) is 0 Å². The molecule has 1 aromatic carbocycles. The first-order valence-electron chi connectivity index (χ1n) is 5.14. The summed E-state index contributed by atoms with van der Waals surface area (Å²) in [4.78, 5) is 0. The lowest BCUT2D eigenvalue weighted by molar-refractivity contribution is 0.415. The zero-order valence-electron chi connectivity index (χ0n) is 8.99. The van der Waals surface area contributed by atoms with E-state index in [1.54, 1.807) is 12.1 Å². The quantitative estimate of drug-likeness (QED) is 0.634. The number of rotatable bonds is 4. The normalized spacial score (nSPS) is 12.6. The van der Waals surface area contributed by atoms with Gasteiger partial charge in [0, 0.05) is 0 Å². The number of nitrogens with two attached hydrogens (primary N) is 1. The predicted molar refractivity (Wildman–Crippen MR) is 58.8 cm³/mol. The number of nitrogens with one attached hydrogen (secondary N) is 1. The van der Waals surface area contributed by atoms with Crippen molar-refractivity contribution in [2.75, 3.05) is 0 Å². The van der Waals surface area contributed by atoms with E-state index in [4.69, 9.17) is 10.3 Å². The molecule has 0 spiro atoms. The molecule has 3 nitrogen and oxygen atoms in total. The van der Waals surface area contributed by atoms with Gasteiger partial charge in [-0.05, 0) is 36.2 Å². The van der Waals surface area contributed by atoms with Crippen LogP contribution in [0.3, 0.4) is 0 Å². The van der Waals surface area contributed by atoms with Crippen LogP contribution in [-0.2, 0) is 6.42 Å². The summed E-state index contributed by atoms with van der Waals surface area (Å²) in [6.07, 6.45) is 1.95. The van der Waals surface area contributed by atoms with Gasteiger partial charge in [-0.3, -0.25) is 5.84 Å². The van der Waals surface area contributed by atoms with Crippen LogP contribution in [0.5, 0.6) is 0 Å². The minimum Gasteiger partial charge on any atom is -0.468 e. The molecule has 1 heterocycles. The molecule has 1 unspecified atom stereocenters. The van der Waals surface area contributed by atoms with Crippen molar-refractivity contribution < 1.29 is 13.2 Å². The van der Waals surface area contributed by atoms with Gasteiger partial charge in [0.15, 0.2) is 11.6 Å². The van der Waals surface area contributed by atoms with Crippen molar-refractivity contribution in [3.05, 3.63) is 59.6 Å². The minimum atomic E-state index is -0.863. The van der Waals surface area contributed by atoms with E-state index in [2.05, 4.69) is 5.43 Å².